The van der Waals surface area contributed by atoms with Crippen molar-refractivity contribution >= 4 is 105 Å². The molecule has 0 fully saturated rings. The number of unbranched alkanes of at least 4 members (excludes halogenated alkanes) is 32. The van der Waals surface area contributed by atoms with E-state index in [0.717, 1.165) is 76.9 Å². The van der Waals surface area contributed by atoms with Crippen LogP contribution < -0.4 is 0 Å². The van der Waals surface area contributed by atoms with Crippen LogP contribution in [-0.4, -0.2) is 44.7 Å². The standard InChI is InChI=1S/C77H111BrN4O2S4/c1-6-10-14-18-22-26-28-32-36-40-44-59(42-38-34-30-24-20-16-12-8-3)56-81-72(74-79-63-49-47-61(54-67(63)87-74)65-51-46-58(5)85-65)70-71(77(81)84)73(75-80-64-50-48-62(55-68(64)88-75)66-52-53-69(78)86-66)82(76(70)83)57-60(43-39-35-31-25-21-17-13-9-4)45-41-37-33-29-27-23-19-15-11-7-2/h46-55,59-60H,6-45,56-57H2,1-5H3. The van der Waals surface area contributed by atoms with E-state index in [1.807, 2.05) is 11.3 Å². The van der Waals surface area contributed by atoms with Gasteiger partial charge in [0.05, 0.1) is 46.8 Å². The third-order valence-corrected chi connectivity index (χ3v) is 23.8. The molecule has 2 aliphatic heterocycles. The van der Waals surface area contributed by atoms with Crippen molar-refractivity contribution in [2.75, 3.05) is 13.1 Å². The van der Waals surface area contributed by atoms with Gasteiger partial charge in [0.2, 0.25) is 0 Å². The molecule has 0 radical (unpaired) electrons. The highest BCUT2D eigenvalue weighted by atomic mass is 79.9. The van der Waals surface area contributed by atoms with Crippen molar-refractivity contribution in [1.82, 2.24) is 19.8 Å². The number of rotatable bonds is 48. The van der Waals surface area contributed by atoms with E-state index in [9.17, 15) is 0 Å². The molecule has 2 atom stereocenters. The Kier molecular flexibility index (Phi) is 31.3. The summed E-state index contributed by atoms with van der Waals surface area (Å²) in [5.41, 5.74) is 6.76. The van der Waals surface area contributed by atoms with Crippen molar-refractivity contribution in [3.63, 3.8) is 0 Å². The number of halogens is 1. The van der Waals surface area contributed by atoms with Gasteiger partial charge in [0.1, 0.15) is 10.0 Å². The fraction of sp³-hybridized carbons (Fsp3) is 0.636. The third kappa shape index (κ3) is 21.3. The van der Waals surface area contributed by atoms with Crippen LogP contribution in [0.15, 0.2) is 75.6 Å². The highest BCUT2D eigenvalue weighted by molar-refractivity contribution is 9.11. The van der Waals surface area contributed by atoms with Crippen LogP contribution in [-0.2, 0) is 9.59 Å². The van der Waals surface area contributed by atoms with E-state index in [2.05, 4.69) is 121 Å². The van der Waals surface area contributed by atoms with Crippen LogP contribution in [0.25, 0.3) is 52.7 Å². The number of hydrogen-bond donors (Lipinski definition) is 0. The molecule has 6 aromatic rings. The molecule has 0 saturated heterocycles. The second kappa shape index (κ2) is 39.2. The summed E-state index contributed by atoms with van der Waals surface area (Å²) in [6.45, 7) is 12.6. The van der Waals surface area contributed by atoms with Gasteiger partial charge in [-0.05, 0) is 120 Å². The summed E-state index contributed by atoms with van der Waals surface area (Å²) >= 11 is 10.6. The first kappa shape index (κ1) is 70.4. The number of aryl methyl sites for hydroxylation is 1. The van der Waals surface area contributed by atoms with Crippen LogP contribution in [0.3, 0.4) is 0 Å². The molecule has 482 valence electrons. The smallest absolute Gasteiger partial charge is 0.261 e. The average Bonchev–Trinajstić information content (AvgIpc) is 1.79. The maximum absolute atomic E-state index is 16.3. The predicted molar refractivity (Wildman–Crippen MR) is 390 cm³/mol. The summed E-state index contributed by atoms with van der Waals surface area (Å²) in [4.78, 5) is 51.5. The zero-order valence-electron chi connectivity index (χ0n) is 55.2. The SMILES string of the molecule is CCCCCCCCCCCCC(CCCCCCCCCC)CN1C(=O)C2=C(c3nc4ccc(-c5ccc(Br)s5)cc4s3)N(CC(CCCCCCCCCC)CCCCCCCCCCCC)C(=O)C2=C1c1nc2ccc(-c3ccc(C)s3)cc2s1. The molecule has 88 heavy (non-hydrogen) atoms. The number of carbonyl (C=O) groups is 2. The zero-order valence-corrected chi connectivity index (χ0v) is 60.1. The lowest BCUT2D eigenvalue weighted by atomic mass is 9.93. The Hall–Kier alpha value is -3.48. The van der Waals surface area contributed by atoms with Crippen molar-refractivity contribution in [1.29, 1.82) is 0 Å². The molecule has 11 heteroatoms. The minimum Gasteiger partial charge on any atom is -0.304 e. The van der Waals surface area contributed by atoms with Crippen LogP contribution in [0.5, 0.6) is 0 Å². The van der Waals surface area contributed by atoms with E-state index in [4.69, 9.17) is 9.97 Å². The second-order valence-corrected chi connectivity index (χ2v) is 32.2. The molecule has 0 saturated carbocycles. The van der Waals surface area contributed by atoms with E-state index in [-0.39, 0.29) is 11.8 Å². The molecular weight excluding hydrogens is 1220 g/mol. The Morgan fingerprint density at radius 1 is 0.386 bits per heavy atom. The number of benzene rings is 2. The maximum Gasteiger partial charge on any atom is 0.261 e. The Morgan fingerprint density at radius 2 is 0.705 bits per heavy atom. The topological polar surface area (TPSA) is 66.4 Å². The van der Waals surface area contributed by atoms with Gasteiger partial charge in [0.25, 0.3) is 11.8 Å². The quantitative estimate of drug-likeness (QED) is 0.0357. The fourth-order valence-corrected chi connectivity index (χ4v) is 18.1. The fourth-order valence-electron chi connectivity index (χ4n) is 13.8. The van der Waals surface area contributed by atoms with Gasteiger partial charge in [-0.3, -0.25) is 9.59 Å². The monoisotopic (exact) mass is 1330 g/mol. The van der Waals surface area contributed by atoms with Crippen molar-refractivity contribution in [3.05, 3.63) is 90.5 Å². The molecule has 2 aromatic carbocycles. The zero-order chi connectivity index (χ0) is 61.7. The summed E-state index contributed by atoms with van der Waals surface area (Å²) in [7, 11) is 0. The van der Waals surface area contributed by atoms with Gasteiger partial charge in [0.15, 0.2) is 0 Å². The first-order valence-electron chi connectivity index (χ1n) is 36.0. The summed E-state index contributed by atoms with van der Waals surface area (Å²) < 4.78 is 3.26. The van der Waals surface area contributed by atoms with Gasteiger partial charge in [-0.25, -0.2) is 9.97 Å². The van der Waals surface area contributed by atoms with E-state index in [1.54, 1.807) is 34.0 Å². The molecular formula is C77H111BrN4O2S4. The van der Waals surface area contributed by atoms with Gasteiger partial charge in [-0.1, -0.05) is 271 Å². The molecule has 2 aliphatic rings. The lowest BCUT2D eigenvalue weighted by molar-refractivity contribution is -0.124. The summed E-state index contributed by atoms with van der Waals surface area (Å²) in [6, 6.07) is 21.9. The largest absolute Gasteiger partial charge is 0.304 e. The number of amides is 2. The number of carbonyl (C=O) groups excluding carboxylic acids is 2. The lowest BCUT2D eigenvalue weighted by Crippen LogP contribution is -2.35. The van der Waals surface area contributed by atoms with Gasteiger partial charge in [-0.2, -0.15) is 0 Å². The Balaban J connectivity index is 1.16. The van der Waals surface area contributed by atoms with Crippen LogP contribution in [0.4, 0.5) is 0 Å². The summed E-state index contributed by atoms with van der Waals surface area (Å²) in [6.07, 6.45) is 51.1. The summed E-state index contributed by atoms with van der Waals surface area (Å²) in [5.74, 6) is 0.569. The van der Waals surface area contributed by atoms with Crippen LogP contribution in [0.2, 0.25) is 0 Å². The highest BCUT2D eigenvalue weighted by Gasteiger charge is 2.51. The first-order chi connectivity index (χ1) is 43.2. The summed E-state index contributed by atoms with van der Waals surface area (Å²) in [5, 5.41) is 1.56. The van der Waals surface area contributed by atoms with Crippen molar-refractivity contribution < 1.29 is 9.59 Å². The molecule has 6 heterocycles. The van der Waals surface area contributed by atoms with Crippen molar-refractivity contribution in [3.8, 4) is 20.9 Å². The molecule has 2 unspecified atom stereocenters. The molecule has 8 rings (SSSR count). The number of fused-ring (bicyclic) bond motifs is 3. The van der Waals surface area contributed by atoms with E-state index < -0.39 is 0 Å². The Labute approximate surface area is 557 Å². The molecule has 4 aromatic heterocycles. The van der Waals surface area contributed by atoms with Gasteiger partial charge < -0.3 is 9.80 Å². The minimum absolute atomic E-state index is 0.0356. The van der Waals surface area contributed by atoms with Crippen molar-refractivity contribution in [2.45, 2.75) is 291 Å². The van der Waals surface area contributed by atoms with Gasteiger partial charge >= 0.3 is 0 Å². The van der Waals surface area contributed by atoms with E-state index in [1.165, 1.54) is 251 Å². The predicted octanol–water partition coefficient (Wildman–Crippen LogP) is 26.2. The lowest BCUT2D eigenvalue weighted by Gasteiger charge is -2.29. The molecule has 6 nitrogen and oxygen atoms in total. The average molecular weight is 1330 g/mol. The van der Waals surface area contributed by atoms with Gasteiger partial charge in [0, 0.05) is 27.7 Å². The van der Waals surface area contributed by atoms with Crippen LogP contribution >= 0.6 is 61.3 Å². The van der Waals surface area contributed by atoms with E-state index >= 15 is 9.59 Å². The normalized spacial score (nSPS) is 14.4. The molecule has 0 aliphatic carbocycles. The number of thiazole rings is 2. The Bertz CT molecular complexity index is 2880. The third-order valence-electron chi connectivity index (χ3n) is 19.0. The van der Waals surface area contributed by atoms with Gasteiger partial charge in [-0.15, -0.1) is 45.3 Å². The number of nitrogens with zero attached hydrogens (tertiary/aromatic N) is 4. The van der Waals surface area contributed by atoms with E-state index in [0.29, 0.717) is 36.1 Å². The minimum atomic E-state index is -0.0356. The Morgan fingerprint density at radius 3 is 1.01 bits per heavy atom. The number of aromatic nitrogens is 2. The maximum atomic E-state index is 16.3. The second-order valence-electron chi connectivity index (χ2n) is 26.4. The molecule has 0 spiro atoms. The first-order valence-corrected chi connectivity index (χ1v) is 40.0. The van der Waals surface area contributed by atoms with Crippen LogP contribution in [0.1, 0.15) is 299 Å². The highest BCUT2D eigenvalue weighted by Crippen LogP contribution is 2.50. The molecule has 0 bridgehead atoms. The van der Waals surface area contributed by atoms with Crippen molar-refractivity contribution in [2.24, 2.45) is 11.8 Å². The molecule has 0 N–H and O–H groups in total. The molecule has 2 amide bonds. The van der Waals surface area contributed by atoms with Crippen LogP contribution in [0, 0.1) is 18.8 Å². The number of hydrogen-bond acceptors (Lipinski definition) is 8. The number of thiophene rings is 2.